The molecular formula is C25H24N2O6. The number of non-ortho nitro benzene ring substituents is 1. The topological polar surface area (TPSA) is 91.1 Å². The fourth-order valence-electron chi connectivity index (χ4n) is 4.23. The third kappa shape index (κ3) is 4.19. The van der Waals surface area contributed by atoms with Crippen molar-refractivity contribution in [2.75, 3.05) is 27.9 Å². The third-order valence-electron chi connectivity index (χ3n) is 5.87. The maximum Gasteiger partial charge on any atom is 0.269 e. The highest BCUT2D eigenvalue weighted by atomic mass is 16.6. The van der Waals surface area contributed by atoms with Gasteiger partial charge in [-0.25, -0.2) is 0 Å². The molecule has 0 aromatic heterocycles. The molecular weight excluding hydrogens is 424 g/mol. The number of nitro benzene ring substituents is 1. The molecule has 8 heteroatoms. The molecule has 0 saturated heterocycles. The molecule has 3 aromatic rings. The number of methoxy groups -OCH3 is 3. The van der Waals surface area contributed by atoms with Gasteiger partial charge in [0, 0.05) is 24.2 Å². The molecule has 0 bridgehead atoms. The average molecular weight is 448 g/mol. The quantitative estimate of drug-likeness (QED) is 0.410. The number of benzene rings is 3. The van der Waals surface area contributed by atoms with Crippen LogP contribution in [-0.4, -0.2) is 43.6 Å². The fraction of sp³-hybridized carbons (Fsp3) is 0.240. The first-order valence-electron chi connectivity index (χ1n) is 10.4. The summed E-state index contributed by atoms with van der Waals surface area (Å²) in [5.74, 6) is 1.62. The van der Waals surface area contributed by atoms with Crippen LogP contribution in [0.2, 0.25) is 0 Å². The van der Waals surface area contributed by atoms with Crippen LogP contribution >= 0.6 is 0 Å². The molecule has 0 unspecified atom stereocenters. The van der Waals surface area contributed by atoms with Gasteiger partial charge in [0.05, 0.1) is 32.3 Å². The Bertz CT molecular complexity index is 1190. The van der Waals surface area contributed by atoms with E-state index in [1.807, 2.05) is 12.1 Å². The Morgan fingerprint density at radius 2 is 1.67 bits per heavy atom. The molecule has 0 N–H and O–H groups in total. The summed E-state index contributed by atoms with van der Waals surface area (Å²) in [6.45, 7) is 0.445. The molecule has 1 atom stereocenters. The van der Waals surface area contributed by atoms with Crippen molar-refractivity contribution in [3.63, 3.8) is 0 Å². The smallest absolute Gasteiger partial charge is 0.269 e. The normalized spacial score (nSPS) is 14.9. The summed E-state index contributed by atoms with van der Waals surface area (Å²) in [5.41, 5.74) is 2.98. The van der Waals surface area contributed by atoms with Crippen molar-refractivity contribution in [1.82, 2.24) is 4.90 Å². The standard InChI is InChI=1S/C25H24N2O6/c1-31-20-9-7-16(8-10-20)25(28)26-12-11-17-14-22(32-2)23(33-3)15-21(17)24(26)18-5-4-6-19(13-18)27(29)30/h4-10,13-15,24H,11-12H2,1-3H3/t24-/m1/s1. The van der Waals surface area contributed by atoms with Crippen LogP contribution in [-0.2, 0) is 6.42 Å². The minimum Gasteiger partial charge on any atom is -0.497 e. The number of fused-ring (bicyclic) bond motifs is 1. The van der Waals surface area contributed by atoms with Crippen LogP contribution in [0.3, 0.4) is 0 Å². The number of carbonyl (C=O) groups excluding carboxylic acids is 1. The van der Waals surface area contributed by atoms with E-state index in [0.29, 0.717) is 41.3 Å². The summed E-state index contributed by atoms with van der Waals surface area (Å²) < 4.78 is 16.2. The van der Waals surface area contributed by atoms with Crippen LogP contribution in [0.1, 0.15) is 33.1 Å². The molecule has 0 radical (unpaired) electrons. The lowest BCUT2D eigenvalue weighted by Gasteiger charge is -2.38. The van der Waals surface area contributed by atoms with E-state index in [2.05, 4.69) is 0 Å². The lowest BCUT2D eigenvalue weighted by molar-refractivity contribution is -0.384. The Kier molecular flexibility index (Phi) is 6.17. The number of hydrogen-bond acceptors (Lipinski definition) is 6. The Morgan fingerprint density at radius 3 is 2.30 bits per heavy atom. The SMILES string of the molecule is COc1ccc(C(=O)N2CCc3cc(OC)c(OC)cc3[C@H]2c2cccc([N+](=O)[O-])c2)cc1. The number of nitro groups is 1. The maximum absolute atomic E-state index is 13.6. The van der Waals surface area contributed by atoms with Crippen molar-refractivity contribution >= 4 is 11.6 Å². The number of carbonyl (C=O) groups is 1. The average Bonchev–Trinajstić information content (AvgIpc) is 2.86. The number of ether oxygens (including phenoxy) is 3. The van der Waals surface area contributed by atoms with E-state index in [4.69, 9.17) is 14.2 Å². The Hall–Kier alpha value is -4.07. The predicted octanol–water partition coefficient (Wildman–Crippen LogP) is 4.41. The van der Waals surface area contributed by atoms with Gasteiger partial charge in [-0.3, -0.25) is 14.9 Å². The minimum atomic E-state index is -0.525. The van der Waals surface area contributed by atoms with Crippen LogP contribution in [0.25, 0.3) is 0 Å². The van der Waals surface area contributed by atoms with Crippen LogP contribution in [0.15, 0.2) is 60.7 Å². The van der Waals surface area contributed by atoms with Crippen LogP contribution < -0.4 is 14.2 Å². The van der Waals surface area contributed by atoms with Crippen LogP contribution in [0.4, 0.5) is 5.69 Å². The second-order valence-electron chi connectivity index (χ2n) is 7.64. The van der Waals surface area contributed by atoms with Crippen molar-refractivity contribution in [3.8, 4) is 17.2 Å². The van der Waals surface area contributed by atoms with E-state index in [1.54, 1.807) is 62.6 Å². The summed E-state index contributed by atoms with van der Waals surface area (Å²) >= 11 is 0. The van der Waals surface area contributed by atoms with Crippen LogP contribution in [0, 0.1) is 10.1 Å². The molecule has 1 heterocycles. The van der Waals surface area contributed by atoms with Crippen molar-refractivity contribution in [2.45, 2.75) is 12.5 Å². The zero-order valence-corrected chi connectivity index (χ0v) is 18.6. The summed E-state index contributed by atoms with van der Waals surface area (Å²) in [6, 6.07) is 16.6. The van der Waals surface area contributed by atoms with Gasteiger partial charge in [0.25, 0.3) is 11.6 Å². The number of amides is 1. The van der Waals surface area contributed by atoms with E-state index in [0.717, 1.165) is 11.1 Å². The summed E-state index contributed by atoms with van der Waals surface area (Å²) in [4.78, 5) is 26.3. The number of nitrogens with zero attached hydrogens (tertiary/aromatic N) is 2. The van der Waals surface area contributed by atoms with Gasteiger partial charge in [-0.2, -0.15) is 0 Å². The van der Waals surface area contributed by atoms with Crippen molar-refractivity contribution in [1.29, 1.82) is 0 Å². The van der Waals surface area contributed by atoms with Gasteiger partial charge < -0.3 is 19.1 Å². The van der Waals surface area contributed by atoms with E-state index in [9.17, 15) is 14.9 Å². The lowest BCUT2D eigenvalue weighted by Crippen LogP contribution is -2.40. The molecule has 1 aliphatic rings. The van der Waals surface area contributed by atoms with Crippen LogP contribution in [0.5, 0.6) is 17.2 Å². The summed E-state index contributed by atoms with van der Waals surface area (Å²) in [7, 11) is 4.69. The lowest BCUT2D eigenvalue weighted by atomic mass is 9.87. The Morgan fingerprint density at radius 1 is 0.970 bits per heavy atom. The largest absolute Gasteiger partial charge is 0.497 e. The molecule has 33 heavy (non-hydrogen) atoms. The Labute approximate surface area is 191 Å². The first-order valence-corrected chi connectivity index (χ1v) is 10.4. The second kappa shape index (κ2) is 9.20. The molecule has 3 aromatic carbocycles. The molecule has 0 spiro atoms. The minimum absolute atomic E-state index is 0.0306. The van der Waals surface area contributed by atoms with E-state index in [1.165, 1.54) is 12.1 Å². The van der Waals surface area contributed by atoms with E-state index < -0.39 is 11.0 Å². The van der Waals surface area contributed by atoms with Crippen molar-refractivity contribution in [3.05, 3.63) is 93.0 Å². The van der Waals surface area contributed by atoms with E-state index in [-0.39, 0.29) is 11.6 Å². The van der Waals surface area contributed by atoms with Crippen molar-refractivity contribution in [2.24, 2.45) is 0 Å². The van der Waals surface area contributed by atoms with Crippen molar-refractivity contribution < 1.29 is 23.9 Å². The monoisotopic (exact) mass is 448 g/mol. The fourth-order valence-corrected chi connectivity index (χ4v) is 4.23. The first-order chi connectivity index (χ1) is 16.0. The van der Waals surface area contributed by atoms with Gasteiger partial charge in [-0.05, 0) is 59.5 Å². The summed E-state index contributed by atoms with van der Waals surface area (Å²) in [5, 5.41) is 11.4. The number of rotatable bonds is 6. The first kappa shape index (κ1) is 22.1. The summed E-state index contributed by atoms with van der Waals surface area (Å²) in [6.07, 6.45) is 0.614. The molecule has 0 aliphatic carbocycles. The molecule has 4 rings (SSSR count). The molecule has 8 nitrogen and oxygen atoms in total. The molecule has 1 aliphatic heterocycles. The number of hydrogen-bond donors (Lipinski definition) is 0. The van der Waals surface area contributed by atoms with Gasteiger partial charge >= 0.3 is 0 Å². The highest BCUT2D eigenvalue weighted by molar-refractivity contribution is 5.95. The maximum atomic E-state index is 13.6. The molecule has 0 saturated carbocycles. The van der Waals surface area contributed by atoms with Gasteiger partial charge in [0.15, 0.2) is 11.5 Å². The molecule has 0 fully saturated rings. The highest BCUT2D eigenvalue weighted by Crippen LogP contribution is 2.42. The van der Waals surface area contributed by atoms with Gasteiger partial charge in [-0.15, -0.1) is 0 Å². The second-order valence-corrected chi connectivity index (χ2v) is 7.64. The third-order valence-corrected chi connectivity index (χ3v) is 5.87. The van der Waals surface area contributed by atoms with Gasteiger partial charge in [0.1, 0.15) is 5.75 Å². The highest BCUT2D eigenvalue weighted by Gasteiger charge is 2.34. The molecule has 170 valence electrons. The zero-order valence-electron chi connectivity index (χ0n) is 18.6. The Balaban J connectivity index is 1.85. The van der Waals surface area contributed by atoms with Gasteiger partial charge in [-0.1, -0.05) is 12.1 Å². The van der Waals surface area contributed by atoms with Gasteiger partial charge in [0.2, 0.25) is 0 Å². The zero-order chi connectivity index (χ0) is 23.5. The predicted molar refractivity (Wildman–Crippen MR) is 122 cm³/mol. The van der Waals surface area contributed by atoms with E-state index >= 15 is 0 Å². The molecule has 1 amide bonds.